The molecular weight excluding hydrogens is 258 g/mol. The highest BCUT2D eigenvalue weighted by molar-refractivity contribution is 7.95. The van der Waals surface area contributed by atoms with Crippen LogP contribution in [0.5, 0.6) is 0 Å². The molecule has 7 heteroatoms. The number of rotatable bonds is 5. The lowest BCUT2D eigenvalue weighted by Gasteiger charge is -2.16. The van der Waals surface area contributed by atoms with Gasteiger partial charge in [-0.1, -0.05) is 19.1 Å². The summed E-state index contributed by atoms with van der Waals surface area (Å²) in [6.45, 7) is 3.44. The van der Waals surface area contributed by atoms with Gasteiger partial charge < -0.3 is 5.73 Å². The summed E-state index contributed by atoms with van der Waals surface area (Å²) in [6.07, 6.45) is 1.93. The maximum absolute atomic E-state index is 12.0. The van der Waals surface area contributed by atoms with Crippen LogP contribution in [0.3, 0.4) is 0 Å². The molecule has 0 saturated heterocycles. The minimum atomic E-state index is -3.60. The first-order valence-corrected chi connectivity index (χ1v) is 7.06. The molecule has 0 aliphatic rings. The summed E-state index contributed by atoms with van der Waals surface area (Å²) in [4.78, 5) is 3.98. The highest BCUT2D eigenvalue weighted by Gasteiger charge is 2.26. The second-order valence-electron chi connectivity index (χ2n) is 3.58. The maximum Gasteiger partial charge on any atom is 0.242 e. The first kappa shape index (κ1) is 13.9. The highest BCUT2D eigenvalue weighted by atomic mass is 32.2. The Balaban J connectivity index is 3.02. The molecule has 0 radical (unpaired) electrons. The maximum atomic E-state index is 12.0. The van der Waals surface area contributed by atoms with Gasteiger partial charge >= 0.3 is 0 Å². The van der Waals surface area contributed by atoms with E-state index in [1.807, 2.05) is 0 Å². The van der Waals surface area contributed by atoms with E-state index >= 15 is 0 Å². The lowest BCUT2D eigenvalue weighted by atomic mass is 10.3. The lowest BCUT2D eigenvalue weighted by molar-refractivity contribution is 0.594. The number of nitrogens with two attached hydrogens (primary N) is 1. The van der Waals surface area contributed by atoms with Gasteiger partial charge in [-0.3, -0.25) is 9.71 Å². The van der Waals surface area contributed by atoms with Crippen molar-refractivity contribution in [2.75, 3.05) is 4.72 Å². The van der Waals surface area contributed by atoms with Gasteiger partial charge in [0, 0.05) is 6.20 Å². The third-order valence-corrected chi connectivity index (χ3v) is 4.60. The summed E-state index contributed by atoms with van der Waals surface area (Å²) >= 11 is 4.76. The Morgan fingerprint density at radius 1 is 1.65 bits per heavy atom. The first-order chi connectivity index (χ1) is 7.88. The number of hydrogen-bond donors (Lipinski definition) is 2. The van der Waals surface area contributed by atoms with Crippen molar-refractivity contribution in [1.29, 1.82) is 0 Å². The topological polar surface area (TPSA) is 85.1 Å². The van der Waals surface area contributed by atoms with Crippen LogP contribution >= 0.6 is 12.2 Å². The fourth-order valence-corrected chi connectivity index (χ4v) is 3.35. The van der Waals surface area contributed by atoms with Crippen LogP contribution in [0.2, 0.25) is 0 Å². The predicted octanol–water partition coefficient (Wildman–Crippen LogP) is 1.20. The Morgan fingerprint density at radius 3 is 2.76 bits per heavy atom. The van der Waals surface area contributed by atoms with Crippen LogP contribution in [-0.2, 0) is 10.0 Å². The van der Waals surface area contributed by atoms with E-state index in [4.69, 9.17) is 18.0 Å². The molecule has 0 amide bonds. The minimum Gasteiger partial charge on any atom is -0.392 e. The molecule has 0 fully saturated rings. The van der Waals surface area contributed by atoms with Gasteiger partial charge in [0.25, 0.3) is 0 Å². The van der Waals surface area contributed by atoms with Gasteiger partial charge in [-0.05, 0) is 25.5 Å². The zero-order chi connectivity index (χ0) is 13.1. The Hall–Kier alpha value is -1.21. The third kappa shape index (κ3) is 3.37. The standard InChI is InChI=1S/C10H15N3O2S2/c1-3-9(10(11)16)17(14,15)13-8-5-4-6-12-7(8)2/h4-6,9,13H,3H2,1-2H3,(H2,11,16). The van der Waals surface area contributed by atoms with E-state index in [9.17, 15) is 8.42 Å². The van der Waals surface area contributed by atoms with Gasteiger partial charge in [-0.2, -0.15) is 0 Å². The van der Waals surface area contributed by atoms with E-state index in [0.717, 1.165) is 0 Å². The SMILES string of the molecule is CCC(C(N)=S)S(=O)(=O)Nc1cccnc1C. The van der Waals surface area contributed by atoms with E-state index in [1.54, 1.807) is 32.2 Å². The van der Waals surface area contributed by atoms with Gasteiger partial charge in [0.2, 0.25) is 10.0 Å². The van der Waals surface area contributed by atoms with Crippen molar-refractivity contribution < 1.29 is 8.42 Å². The largest absolute Gasteiger partial charge is 0.392 e. The molecule has 1 unspecified atom stereocenters. The van der Waals surface area contributed by atoms with Crippen LogP contribution in [0.25, 0.3) is 0 Å². The van der Waals surface area contributed by atoms with Crippen LogP contribution < -0.4 is 10.5 Å². The lowest BCUT2D eigenvalue weighted by Crippen LogP contribution is -2.37. The molecule has 94 valence electrons. The minimum absolute atomic E-state index is 0.0263. The molecule has 1 aromatic heterocycles. The van der Waals surface area contributed by atoms with Crippen LogP contribution in [0, 0.1) is 6.92 Å². The van der Waals surface area contributed by atoms with Crippen LogP contribution in [-0.4, -0.2) is 23.6 Å². The van der Waals surface area contributed by atoms with E-state index in [-0.39, 0.29) is 4.99 Å². The summed E-state index contributed by atoms with van der Waals surface area (Å²) in [5, 5.41) is -0.864. The van der Waals surface area contributed by atoms with Gasteiger partial charge in [0.05, 0.1) is 16.4 Å². The van der Waals surface area contributed by atoms with Crippen LogP contribution in [0.1, 0.15) is 19.0 Å². The van der Waals surface area contributed by atoms with Crippen molar-refractivity contribution in [2.45, 2.75) is 25.5 Å². The van der Waals surface area contributed by atoms with Crippen LogP contribution in [0.15, 0.2) is 18.3 Å². The normalized spacial score (nSPS) is 13.1. The smallest absolute Gasteiger partial charge is 0.242 e. The summed E-state index contributed by atoms with van der Waals surface area (Å²) in [7, 11) is -3.60. The average Bonchev–Trinajstić information content (AvgIpc) is 2.21. The Kier molecular flexibility index (Phi) is 4.41. The van der Waals surface area contributed by atoms with E-state index < -0.39 is 15.3 Å². The summed E-state index contributed by atoms with van der Waals surface area (Å²) in [5.74, 6) is 0. The van der Waals surface area contributed by atoms with E-state index in [0.29, 0.717) is 17.8 Å². The summed E-state index contributed by atoms with van der Waals surface area (Å²) in [6, 6.07) is 3.30. The number of aromatic nitrogens is 1. The molecule has 5 nitrogen and oxygen atoms in total. The first-order valence-electron chi connectivity index (χ1n) is 5.11. The number of pyridine rings is 1. The molecule has 1 heterocycles. The fourth-order valence-electron chi connectivity index (χ4n) is 1.39. The molecule has 0 saturated carbocycles. The van der Waals surface area contributed by atoms with Crippen molar-refractivity contribution in [3.63, 3.8) is 0 Å². The average molecular weight is 273 g/mol. The summed E-state index contributed by atoms with van der Waals surface area (Å²) in [5.41, 5.74) is 6.47. The molecule has 1 rings (SSSR count). The molecule has 0 spiro atoms. The fraction of sp³-hybridized carbons (Fsp3) is 0.400. The second kappa shape index (κ2) is 5.42. The summed E-state index contributed by atoms with van der Waals surface area (Å²) < 4.78 is 26.5. The van der Waals surface area contributed by atoms with Crippen molar-refractivity contribution in [3.05, 3.63) is 24.0 Å². The quantitative estimate of drug-likeness (QED) is 0.787. The molecule has 17 heavy (non-hydrogen) atoms. The van der Waals surface area contributed by atoms with Gasteiger partial charge in [-0.25, -0.2) is 8.42 Å². The number of nitrogens with zero attached hydrogens (tertiary/aromatic N) is 1. The molecule has 1 atom stereocenters. The molecule has 0 aliphatic carbocycles. The zero-order valence-corrected chi connectivity index (χ0v) is 11.3. The third-order valence-electron chi connectivity index (χ3n) is 2.32. The molecule has 3 N–H and O–H groups in total. The van der Waals surface area contributed by atoms with E-state index in [2.05, 4.69) is 9.71 Å². The van der Waals surface area contributed by atoms with Crippen molar-refractivity contribution in [2.24, 2.45) is 5.73 Å². The van der Waals surface area contributed by atoms with Crippen molar-refractivity contribution >= 4 is 32.9 Å². The molecule has 0 aromatic carbocycles. The number of hydrogen-bond acceptors (Lipinski definition) is 4. The van der Waals surface area contributed by atoms with E-state index in [1.165, 1.54) is 0 Å². The Morgan fingerprint density at radius 2 is 2.29 bits per heavy atom. The van der Waals surface area contributed by atoms with Gasteiger partial charge in [0.1, 0.15) is 5.25 Å². The number of thiocarbonyl (C=S) groups is 1. The second-order valence-corrected chi connectivity index (χ2v) is 5.92. The highest BCUT2D eigenvalue weighted by Crippen LogP contribution is 2.16. The number of nitrogens with one attached hydrogen (secondary N) is 1. The molecule has 1 aromatic rings. The zero-order valence-electron chi connectivity index (χ0n) is 9.67. The number of aryl methyl sites for hydroxylation is 1. The Bertz CT molecular complexity index is 514. The molecule has 0 bridgehead atoms. The van der Waals surface area contributed by atoms with Crippen molar-refractivity contribution in [1.82, 2.24) is 4.98 Å². The monoisotopic (exact) mass is 273 g/mol. The number of anilines is 1. The molecular formula is C10H15N3O2S2. The Labute approximate surface area is 106 Å². The predicted molar refractivity (Wildman–Crippen MR) is 72.4 cm³/mol. The molecule has 0 aliphatic heterocycles. The van der Waals surface area contributed by atoms with Gasteiger partial charge in [0.15, 0.2) is 0 Å². The van der Waals surface area contributed by atoms with Crippen LogP contribution in [0.4, 0.5) is 5.69 Å². The number of sulfonamides is 1. The van der Waals surface area contributed by atoms with Crippen molar-refractivity contribution in [3.8, 4) is 0 Å². The van der Waals surface area contributed by atoms with Gasteiger partial charge in [-0.15, -0.1) is 0 Å².